The van der Waals surface area contributed by atoms with Crippen LogP contribution in [0.15, 0.2) is 35.7 Å². The van der Waals surface area contributed by atoms with Crippen molar-refractivity contribution in [3.8, 4) is 5.69 Å². The van der Waals surface area contributed by atoms with Crippen LogP contribution < -0.4 is 0 Å². The number of benzene rings is 1. The van der Waals surface area contributed by atoms with Crippen LogP contribution in [0.4, 0.5) is 0 Å². The number of thioether (sulfide) groups is 1. The zero-order valence-electron chi connectivity index (χ0n) is 15.4. The van der Waals surface area contributed by atoms with Crippen LogP contribution in [0.3, 0.4) is 0 Å². The molecule has 0 amide bonds. The molecule has 1 atom stereocenters. The molecule has 7 heteroatoms. The molecule has 3 rings (SSSR count). The van der Waals surface area contributed by atoms with Crippen LogP contribution in [0.1, 0.15) is 31.4 Å². The number of carbonyl (C=O) groups is 1. The number of ether oxygens (including phenoxy) is 1. The maximum atomic E-state index is 12.1. The fourth-order valence-corrected chi connectivity index (χ4v) is 3.78. The number of aromatic nitrogens is 4. The summed E-state index contributed by atoms with van der Waals surface area (Å²) < 4.78 is 6.98. The standard InChI is InChI=1S/C19H22N4O2S/c1-5-16(19(24)25-6-2)26-18-14-10-22-23(17(14)20-11-21-18)15-8-7-12(3)9-13(15)4/h7-11,16H,5-6H2,1-4H3/t16-/m0/s1. The number of fused-ring (bicyclic) bond motifs is 1. The maximum Gasteiger partial charge on any atom is 0.319 e. The third-order valence-electron chi connectivity index (χ3n) is 4.08. The molecule has 0 radical (unpaired) electrons. The summed E-state index contributed by atoms with van der Waals surface area (Å²) in [6.45, 7) is 8.27. The van der Waals surface area contributed by atoms with Crippen LogP contribution in [0, 0.1) is 13.8 Å². The van der Waals surface area contributed by atoms with Gasteiger partial charge in [0.15, 0.2) is 5.65 Å². The second-order valence-corrected chi connectivity index (χ2v) is 7.22. The SMILES string of the molecule is CCOC(=O)[C@H](CC)Sc1ncnc2c1cnn2-c1ccc(C)cc1C. The van der Waals surface area contributed by atoms with Crippen LogP contribution in [-0.4, -0.2) is 37.6 Å². The lowest BCUT2D eigenvalue weighted by Gasteiger charge is -2.13. The first kappa shape index (κ1) is 18.4. The third kappa shape index (κ3) is 3.58. The van der Waals surface area contributed by atoms with Crippen molar-refractivity contribution in [1.29, 1.82) is 0 Å². The first-order chi connectivity index (χ1) is 12.5. The Morgan fingerprint density at radius 3 is 2.77 bits per heavy atom. The summed E-state index contributed by atoms with van der Waals surface area (Å²) in [5.41, 5.74) is 4.04. The molecule has 0 fully saturated rings. The molecule has 0 saturated heterocycles. The Labute approximate surface area is 157 Å². The summed E-state index contributed by atoms with van der Waals surface area (Å²) in [4.78, 5) is 20.9. The minimum atomic E-state index is -0.294. The highest BCUT2D eigenvalue weighted by Crippen LogP contribution is 2.31. The molecule has 3 aromatic rings. The predicted octanol–water partition coefficient (Wildman–Crippen LogP) is 3.87. The second-order valence-electron chi connectivity index (χ2n) is 6.03. The van der Waals surface area contributed by atoms with Gasteiger partial charge in [-0.2, -0.15) is 5.10 Å². The van der Waals surface area contributed by atoms with E-state index in [1.165, 1.54) is 23.7 Å². The van der Waals surface area contributed by atoms with Gasteiger partial charge < -0.3 is 4.74 Å². The first-order valence-corrected chi connectivity index (χ1v) is 9.52. The maximum absolute atomic E-state index is 12.1. The summed E-state index contributed by atoms with van der Waals surface area (Å²) in [6.07, 6.45) is 3.94. The Morgan fingerprint density at radius 2 is 2.08 bits per heavy atom. The molecule has 0 saturated carbocycles. The van der Waals surface area contributed by atoms with Gasteiger partial charge in [-0.25, -0.2) is 14.6 Å². The Kier molecular flexibility index (Phi) is 5.56. The molecular formula is C19H22N4O2S. The Bertz CT molecular complexity index is 938. The van der Waals surface area contributed by atoms with Crippen molar-refractivity contribution < 1.29 is 9.53 Å². The van der Waals surface area contributed by atoms with E-state index in [1.54, 1.807) is 6.20 Å². The molecule has 0 N–H and O–H groups in total. The van der Waals surface area contributed by atoms with Crippen molar-refractivity contribution in [1.82, 2.24) is 19.7 Å². The van der Waals surface area contributed by atoms with Crippen molar-refractivity contribution >= 4 is 28.8 Å². The van der Waals surface area contributed by atoms with Crippen LogP contribution in [0.25, 0.3) is 16.7 Å². The quantitative estimate of drug-likeness (QED) is 0.373. The number of hydrogen-bond donors (Lipinski definition) is 0. The van der Waals surface area contributed by atoms with E-state index in [0.29, 0.717) is 13.0 Å². The van der Waals surface area contributed by atoms with E-state index in [-0.39, 0.29) is 11.2 Å². The highest BCUT2D eigenvalue weighted by molar-refractivity contribution is 8.00. The van der Waals surface area contributed by atoms with Crippen molar-refractivity contribution in [2.75, 3.05) is 6.61 Å². The van der Waals surface area contributed by atoms with E-state index in [1.807, 2.05) is 24.6 Å². The van der Waals surface area contributed by atoms with E-state index >= 15 is 0 Å². The fourth-order valence-electron chi connectivity index (χ4n) is 2.80. The molecule has 0 aliphatic carbocycles. The van der Waals surface area contributed by atoms with Gasteiger partial charge in [0.05, 0.1) is 23.9 Å². The van der Waals surface area contributed by atoms with Gasteiger partial charge in [0.1, 0.15) is 16.6 Å². The Hall–Kier alpha value is -2.41. The molecule has 1 aromatic carbocycles. The lowest BCUT2D eigenvalue weighted by molar-refractivity contribution is -0.142. The van der Waals surface area contributed by atoms with Crippen LogP contribution in [0.5, 0.6) is 0 Å². The molecule has 0 bridgehead atoms. The predicted molar refractivity (Wildman–Crippen MR) is 103 cm³/mol. The summed E-state index contributed by atoms with van der Waals surface area (Å²) >= 11 is 1.40. The minimum absolute atomic E-state index is 0.214. The summed E-state index contributed by atoms with van der Waals surface area (Å²) in [5.74, 6) is -0.214. The largest absolute Gasteiger partial charge is 0.465 e. The number of carbonyl (C=O) groups excluding carboxylic acids is 1. The molecule has 0 aliphatic heterocycles. The van der Waals surface area contributed by atoms with Gasteiger partial charge in [-0.15, -0.1) is 0 Å². The number of hydrogen-bond acceptors (Lipinski definition) is 6. The lowest BCUT2D eigenvalue weighted by Crippen LogP contribution is -2.19. The summed E-state index contributed by atoms with van der Waals surface area (Å²) in [5, 5.41) is 5.80. The summed E-state index contributed by atoms with van der Waals surface area (Å²) in [7, 11) is 0. The molecule has 6 nitrogen and oxygen atoms in total. The van der Waals surface area contributed by atoms with Gasteiger partial charge in [0, 0.05) is 0 Å². The summed E-state index contributed by atoms with van der Waals surface area (Å²) in [6, 6.07) is 6.22. The van der Waals surface area contributed by atoms with Gasteiger partial charge in [0.2, 0.25) is 0 Å². The number of nitrogens with zero attached hydrogens (tertiary/aromatic N) is 4. The molecule has 2 heterocycles. The number of rotatable bonds is 6. The third-order valence-corrected chi connectivity index (χ3v) is 5.44. The van der Waals surface area contributed by atoms with Gasteiger partial charge in [-0.3, -0.25) is 4.79 Å². The minimum Gasteiger partial charge on any atom is -0.465 e. The van der Waals surface area contributed by atoms with E-state index in [4.69, 9.17) is 4.74 Å². The van der Waals surface area contributed by atoms with Gasteiger partial charge in [0.25, 0.3) is 0 Å². The smallest absolute Gasteiger partial charge is 0.319 e. The van der Waals surface area contributed by atoms with Crippen molar-refractivity contribution in [2.45, 2.75) is 44.4 Å². The number of esters is 1. The molecule has 0 spiro atoms. The van der Waals surface area contributed by atoms with Crippen LogP contribution in [-0.2, 0) is 9.53 Å². The molecule has 0 aliphatic rings. The van der Waals surface area contributed by atoms with Crippen LogP contribution in [0.2, 0.25) is 0 Å². The topological polar surface area (TPSA) is 69.9 Å². The fraction of sp³-hybridized carbons (Fsp3) is 0.368. The Morgan fingerprint density at radius 1 is 1.27 bits per heavy atom. The van der Waals surface area contributed by atoms with Crippen molar-refractivity contribution in [3.63, 3.8) is 0 Å². The van der Waals surface area contributed by atoms with Crippen molar-refractivity contribution in [3.05, 3.63) is 41.9 Å². The highest BCUT2D eigenvalue weighted by Gasteiger charge is 2.22. The van der Waals surface area contributed by atoms with Gasteiger partial charge in [-0.05, 0) is 38.8 Å². The van der Waals surface area contributed by atoms with E-state index in [0.717, 1.165) is 27.3 Å². The van der Waals surface area contributed by atoms with E-state index < -0.39 is 0 Å². The molecule has 2 aromatic heterocycles. The first-order valence-electron chi connectivity index (χ1n) is 8.64. The average molecular weight is 370 g/mol. The number of aryl methyl sites for hydroxylation is 2. The van der Waals surface area contributed by atoms with E-state index in [9.17, 15) is 4.79 Å². The molecule has 26 heavy (non-hydrogen) atoms. The zero-order chi connectivity index (χ0) is 18.7. The Balaban J connectivity index is 2.00. The lowest BCUT2D eigenvalue weighted by atomic mass is 10.1. The van der Waals surface area contributed by atoms with Gasteiger partial charge in [-0.1, -0.05) is 36.4 Å². The second kappa shape index (κ2) is 7.86. The highest BCUT2D eigenvalue weighted by atomic mass is 32.2. The van der Waals surface area contributed by atoms with E-state index in [2.05, 4.69) is 41.0 Å². The average Bonchev–Trinajstić information content (AvgIpc) is 3.04. The monoisotopic (exact) mass is 370 g/mol. The van der Waals surface area contributed by atoms with Crippen LogP contribution >= 0.6 is 11.8 Å². The molecular weight excluding hydrogens is 348 g/mol. The molecule has 136 valence electrons. The molecule has 0 unspecified atom stereocenters. The van der Waals surface area contributed by atoms with Gasteiger partial charge >= 0.3 is 5.97 Å². The normalized spacial score (nSPS) is 12.3. The van der Waals surface area contributed by atoms with Crippen molar-refractivity contribution in [2.24, 2.45) is 0 Å². The zero-order valence-corrected chi connectivity index (χ0v) is 16.2.